The van der Waals surface area contributed by atoms with E-state index < -0.39 is 0 Å². The maximum atomic E-state index is 12.8. The van der Waals surface area contributed by atoms with Gasteiger partial charge in [0.1, 0.15) is 12.1 Å². The molecule has 1 saturated heterocycles. The summed E-state index contributed by atoms with van der Waals surface area (Å²) in [6.07, 6.45) is 4.59. The lowest BCUT2D eigenvalue weighted by Crippen LogP contribution is -2.66. The predicted octanol–water partition coefficient (Wildman–Crippen LogP) is 1.32. The highest BCUT2D eigenvalue weighted by Crippen LogP contribution is 2.36. The number of carbonyl (C=O) groups is 2. The van der Waals surface area contributed by atoms with Crippen LogP contribution in [0.25, 0.3) is 0 Å². The Hall–Kier alpha value is -1.10. The van der Waals surface area contributed by atoms with Crippen LogP contribution in [0.5, 0.6) is 0 Å². The minimum atomic E-state index is -0.343. The van der Waals surface area contributed by atoms with Gasteiger partial charge in [-0.2, -0.15) is 0 Å². The van der Waals surface area contributed by atoms with Crippen molar-refractivity contribution < 1.29 is 14.3 Å². The van der Waals surface area contributed by atoms with E-state index >= 15 is 0 Å². The zero-order valence-corrected chi connectivity index (χ0v) is 12.7. The van der Waals surface area contributed by atoms with Gasteiger partial charge in [0.15, 0.2) is 0 Å². The standard InChI is InChI=1S/C15H26N2O3/c1-4-6-11(9-20-3)17-12(5-2)14(18)16-13(15(17)19)10-7-8-10/h10-13H,4-9H2,1-3H3,(H,16,18). The van der Waals surface area contributed by atoms with Crippen molar-refractivity contribution in [3.63, 3.8) is 0 Å². The summed E-state index contributed by atoms with van der Waals surface area (Å²) in [5.74, 6) is 0.437. The molecule has 2 fully saturated rings. The largest absolute Gasteiger partial charge is 0.383 e. The molecule has 0 aromatic heterocycles. The first-order valence-corrected chi connectivity index (χ1v) is 7.75. The van der Waals surface area contributed by atoms with Gasteiger partial charge in [0.2, 0.25) is 11.8 Å². The van der Waals surface area contributed by atoms with Crippen molar-refractivity contribution in [3.8, 4) is 0 Å². The molecule has 0 aromatic carbocycles. The fraction of sp³-hybridized carbons (Fsp3) is 0.867. The average molecular weight is 282 g/mol. The quantitative estimate of drug-likeness (QED) is 0.766. The third kappa shape index (κ3) is 2.97. The molecule has 1 aliphatic heterocycles. The van der Waals surface area contributed by atoms with Gasteiger partial charge in [-0.1, -0.05) is 20.3 Å². The van der Waals surface area contributed by atoms with Crippen molar-refractivity contribution in [2.24, 2.45) is 5.92 Å². The summed E-state index contributed by atoms with van der Waals surface area (Å²) in [5.41, 5.74) is 0. The fourth-order valence-electron chi connectivity index (χ4n) is 3.15. The molecule has 2 amide bonds. The molecule has 5 nitrogen and oxygen atoms in total. The summed E-state index contributed by atoms with van der Waals surface area (Å²) in [6, 6.07) is -0.638. The molecule has 0 aromatic rings. The van der Waals surface area contributed by atoms with Gasteiger partial charge in [-0.25, -0.2) is 0 Å². The van der Waals surface area contributed by atoms with Gasteiger partial charge < -0.3 is 15.0 Å². The van der Waals surface area contributed by atoms with Crippen molar-refractivity contribution in [1.82, 2.24) is 10.2 Å². The zero-order valence-electron chi connectivity index (χ0n) is 12.7. The molecule has 1 saturated carbocycles. The Kier molecular flexibility index (Phi) is 5.02. The van der Waals surface area contributed by atoms with Gasteiger partial charge in [0, 0.05) is 7.11 Å². The number of nitrogens with one attached hydrogen (secondary N) is 1. The number of amides is 2. The summed E-state index contributed by atoms with van der Waals surface area (Å²) in [5, 5.41) is 2.93. The number of carbonyl (C=O) groups excluding carboxylic acids is 2. The monoisotopic (exact) mass is 282 g/mol. The van der Waals surface area contributed by atoms with E-state index in [4.69, 9.17) is 4.74 Å². The van der Waals surface area contributed by atoms with Crippen LogP contribution >= 0.6 is 0 Å². The van der Waals surface area contributed by atoms with Crippen LogP contribution in [0.2, 0.25) is 0 Å². The van der Waals surface area contributed by atoms with Crippen molar-refractivity contribution in [2.45, 2.75) is 64.1 Å². The number of ether oxygens (including phenoxy) is 1. The zero-order chi connectivity index (χ0) is 14.7. The highest BCUT2D eigenvalue weighted by Gasteiger charge is 2.48. The summed E-state index contributed by atoms with van der Waals surface area (Å²) < 4.78 is 5.27. The van der Waals surface area contributed by atoms with E-state index in [1.165, 1.54) is 0 Å². The second-order valence-corrected chi connectivity index (χ2v) is 5.89. The average Bonchev–Trinajstić information content (AvgIpc) is 3.24. The maximum absolute atomic E-state index is 12.8. The van der Waals surface area contributed by atoms with Crippen LogP contribution in [0.3, 0.4) is 0 Å². The van der Waals surface area contributed by atoms with Crippen LogP contribution < -0.4 is 5.32 Å². The predicted molar refractivity (Wildman–Crippen MR) is 76.2 cm³/mol. The lowest BCUT2D eigenvalue weighted by Gasteiger charge is -2.43. The highest BCUT2D eigenvalue weighted by atomic mass is 16.5. The number of rotatable bonds is 7. The Labute approximate surface area is 121 Å². The number of nitrogens with zero attached hydrogens (tertiary/aromatic N) is 1. The molecule has 1 aliphatic carbocycles. The summed E-state index contributed by atoms with van der Waals surface area (Å²) in [7, 11) is 1.65. The molecule has 5 heteroatoms. The summed E-state index contributed by atoms with van der Waals surface area (Å²) >= 11 is 0. The first-order chi connectivity index (χ1) is 9.63. The van der Waals surface area contributed by atoms with Crippen molar-refractivity contribution in [3.05, 3.63) is 0 Å². The SMILES string of the molecule is CCCC(COC)N1C(=O)C(C2CC2)NC(=O)C1CC. The lowest BCUT2D eigenvalue weighted by molar-refractivity contribution is -0.154. The van der Waals surface area contributed by atoms with E-state index in [0.29, 0.717) is 18.9 Å². The minimum Gasteiger partial charge on any atom is -0.383 e. The molecule has 1 N–H and O–H groups in total. The van der Waals surface area contributed by atoms with E-state index in [1.54, 1.807) is 7.11 Å². The van der Waals surface area contributed by atoms with Crippen LogP contribution in [0.15, 0.2) is 0 Å². The molecule has 1 heterocycles. The van der Waals surface area contributed by atoms with Crippen LogP contribution in [0.1, 0.15) is 46.0 Å². The van der Waals surface area contributed by atoms with Crippen LogP contribution in [0.4, 0.5) is 0 Å². The fourth-order valence-corrected chi connectivity index (χ4v) is 3.15. The third-order valence-electron chi connectivity index (χ3n) is 4.31. The Morgan fingerprint density at radius 1 is 1.35 bits per heavy atom. The lowest BCUT2D eigenvalue weighted by atomic mass is 9.98. The molecule has 114 valence electrons. The van der Waals surface area contributed by atoms with Crippen molar-refractivity contribution in [1.29, 1.82) is 0 Å². The van der Waals surface area contributed by atoms with Gasteiger partial charge in [0.25, 0.3) is 0 Å². The number of methoxy groups -OCH3 is 1. The normalized spacial score (nSPS) is 28.4. The maximum Gasteiger partial charge on any atom is 0.246 e. The molecule has 3 unspecified atom stereocenters. The number of hydrogen-bond acceptors (Lipinski definition) is 3. The Morgan fingerprint density at radius 3 is 2.55 bits per heavy atom. The number of piperazine rings is 1. The van der Waals surface area contributed by atoms with Crippen molar-refractivity contribution >= 4 is 11.8 Å². The molecular weight excluding hydrogens is 256 g/mol. The second kappa shape index (κ2) is 6.57. The first-order valence-electron chi connectivity index (χ1n) is 7.75. The second-order valence-electron chi connectivity index (χ2n) is 5.89. The van der Waals surface area contributed by atoms with E-state index in [1.807, 2.05) is 11.8 Å². The van der Waals surface area contributed by atoms with E-state index in [2.05, 4.69) is 12.2 Å². The van der Waals surface area contributed by atoms with Crippen molar-refractivity contribution in [2.75, 3.05) is 13.7 Å². The number of hydrogen-bond donors (Lipinski definition) is 1. The van der Waals surface area contributed by atoms with Gasteiger partial charge in [-0.05, 0) is 31.6 Å². The Balaban J connectivity index is 2.21. The molecule has 3 atom stereocenters. The van der Waals surface area contributed by atoms with Gasteiger partial charge in [-0.3, -0.25) is 9.59 Å². The first kappa shape index (κ1) is 15.3. The Morgan fingerprint density at radius 2 is 2.05 bits per heavy atom. The van der Waals surface area contributed by atoms with Gasteiger partial charge >= 0.3 is 0 Å². The smallest absolute Gasteiger partial charge is 0.246 e. The molecule has 20 heavy (non-hydrogen) atoms. The van der Waals surface area contributed by atoms with Crippen LogP contribution in [0, 0.1) is 5.92 Å². The van der Waals surface area contributed by atoms with E-state index in [0.717, 1.165) is 25.7 Å². The van der Waals surface area contributed by atoms with E-state index in [9.17, 15) is 9.59 Å². The van der Waals surface area contributed by atoms with Gasteiger partial charge in [-0.15, -0.1) is 0 Å². The molecular formula is C15H26N2O3. The molecule has 0 bridgehead atoms. The van der Waals surface area contributed by atoms with Crippen LogP contribution in [-0.2, 0) is 14.3 Å². The Bertz CT molecular complexity index is 362. The highest BCUT2D eigenvalue weighted by molar-refractivity contribution is 5.97. The molecule has 0 spiro atoms. The molecule has 2 aliphatic rings. The molecule has 0 radical (unpaired) electrons. The minimum absolute atomic E-state index is 0.00112. The topological polar surface area (TPSA) is 58.6 Å². The molecule has 2 rings (SSSR count). The summed E-state index contributed by atoms with van der Waals surface area (Å²) in [4.78, 5) is 26.9. The summed E-state index contributed by atoms with van der Waals surface area (Å²) in [6.45, 7) is 4.55. The van der Waals surface area contributed by atoms with E-state index in [-0.39, 0.29) is 29.9 Å². The third-order valence-corrected chi connectivity index (χ3v) is 4.31. The van der Waals surface area contributed by atoms with Gasteiger partial charge in [0.05, 0.1) is 12.6 Å². The van der Waals surface area contributed by atoms with Crippen LogP contribution in [-0.4, -0.2) is 48.6 Å².